The van der Waals surface area contributed by atoms with Crippen molar-refractivity contribution < 1.29 is 9.90 Å². The number of hydrogen-bond acceptors (Lipinski definition) is 2. The number of hydrogen-bond donors (Lipinski definition) is 1. The number of nitrogens with zero attached hydrogens (tertiary/aromatic N) is 1. The Morgan fingerprint density at radius 3 is 2.52 bits per heavy atom. The highest BCUT2D eigenvalue weighted by molar-refractivity contribution is 5.94. The Morgan fingerprint density at radius 1 is 1.12 bits per heavy atom. The first kappa shape index (κ1) is 17.7. The number of aliphatic hydroxyl groups is 1. The molecule has 0 saturated carbocycles. The van der Waals surface area contributed by atoms with E-state index in [-0.39, 0.29) is 5.91 Å². The number of amides is 1. The fourth-order valence-electron chi connectivity index (χ4n) is 3.57. The molecule has 2 aromatic carbocycles. The van der Waals surface area contributed by atoms with Gasteiger partial charge in [0.05, 0.1) is 6.54 Å². The number of likely N-dealkylation sites (tertiary alicyclic amines) is 1. The summed E-state index contributed by atoms with van der Waals surface area (Å²) < 4.78 is 0. The normalized spacial score (nSPS) is 20.5. The second-order valence-corrected chi connectivity index (χ2v) is 7.03. The van der Waals surface area contributed by atoms with Crippen LogP contribution in [0.3, 0.4) is 0 Å². The third-order valence-corrected chi connectivity index (χ3v) is 5.09. The van der Waals surface area contributed by atoms with Crippen LogP contribution in [0.4, 0.5) is 0 Å². The summed E-state index contributed by atoms with van der Waals surface area (Å²) in [5.74, 6) is 0.0103. The lowest BCUT2D eigenvalue weighted by Gasteiger charge is -2.39. The molecular formula is C22H27NO2. The first-order valence-corrected chi connectivity index (χ1v) is 9.28. The maximum Gasteiger partial charge on any atom is 0.253 e. The van der Waals surface area contributed by atoms with Crippen molar-refractivity contribution in [2.75, 3.05) is 13.1 Å². The molecule has 0 bridgehead atoms. The molecule has 1 N–H and O–H groups in total. The third kappa shape index (κ3) is 4.10. The summed E-state index contributed by atoms with van der Waals surface area (Å²) >= 11 is 0. The number of carbonyl (C=O) groups is 1. The average molecular weight is 337 g/mol. The molecule has 1 atom stereocenters. The SMILES string of the molecule is CCCCc1ccc(C(=O)N2CCCC(O)(c3ccccc3)C2)cc1. The van der Waals surface area contributed by atoms with E-state index in [0.717, 1.165) is 18.4 Å². The van der Waals surface area contributed by atoms with E-state index in [9.17, 15) is 9.90 Å². The molecule has 25 heavy (non-hydrogen) atoms. The highest BCUT2D eigenvalue weighted by atomic mass is 16.3. The monoisotopic (exact) mass is 337 g/mol. The fourth-order valence-corrected chi connectivity index (χ4v) is 3.57. The molecule has 3 rings (SSSR count). The maximum atomic E-state index is 12.9. The van der Waals surface area contributed by atoms with E-state index >= 15 is 0 Å². The van der Waals surface area contributed by atoms with Gasteiger partial charge in [-0.3, -0.25) is 4.79 Å². The fraction of sp³-hybridized carbons (Fsp3) is 0.409. The number of aryl methyl sites for hydroxylation is 1. The van der Waals surface area contributed by atoms with Gasteiger partial charge in [-0.15, -0.1) is 0 Å². The van der Waals surface area contributed by atoms with Crippen molar-refractivity contribution >= 4 is 5.91 Å². The Labute approximate surface area is 150 Å². The van der Waals surface area contributed by atoms with E-state index in [4.69, 9.17) is 0 Å². The van der Waals surface area contributed by atoms with E-state index < -0.39 is 5.60 Å². The van der Waals surface area contributed by atoms with Gasteiger partial charge in [0.15, 0.2) is 0 Å². The second-order valence-electron chi connectivity index (χ2n) is 7.03. The van der Waals surface area contributed by atoms with Gasteiger partial charge in [0.25, 0.3) is 5.91 Å². The molecule has 1 saturated heterocycles. The van der Waals surface area contributed by atoms with Gasteiger partial charge in [-0.2, -0.15) is 0 Å². The molecule has 1 amide bonds. The van der Waals surface area contributed by atoms with E-state index in [1.807, 2.05) is 42.5 Å². The van der Waals surface area contributed by atoms with Crippen molar-refractivity contribution in [3.05, 3.63) is 71.3 Å². The van der Waals surface area contributed by atoms with Crippen molar-refractivity contribution in [3.8, 4) is 0 Å². The van der Waals surface area contributed by atoms with Crippen LogP contribution in [0.5, 0.6) is 0 Å². The van der Waals surface area contributed by atoms with Gasteiger partial charge in [0.2, 0.25) is 0 Å². The molecule has 1 heterocycles. The number of piperidine rings is 1. The van der Waals surface area contributed by atoms with Crippen LogP contribution in [-0.2, 0) is 12.0 Å². The van der Waals surface area contributed by atoms with Gasteiger partial charge >= 0.3 is 0 Å². The van der Waals surface area contributed by atoms with E-state index in [1.165, 1.54) is 18.4 Å². The highest BCUT2D eigenvalue weighted by Gasteiger charge is 2.36. The summed E-state index contributed by atoms with van der Waals surface area (Å²) in [6.45, 7) is 3.24. The standard InChI is InChI=1S/C22H27NO2/c1-2-3-8-18-11-13-19(14-12-18)21(24)23-16-7-15-22(25,17-23)20-9-5-4-6-10-20/h4-6,9-14,25H,2-3,7-8,15-17H2,1H3. The minimum absolute atomic E-state index is 0.0103. The van der Waals surface area contributed by atoms with Crippen LogP contribution in [-0.4, -0.2) is 29.0 Å². The molecule has 132 valence electrons. The van der Waals surface area contributed by atoms with E-state index in [2.05, 4.69) is 19.1 Å². The Kier molecular flexibility index (Phi) is 5.54. The molecule has 0 aromatic heterocycles. The maximum absolute atomic E-state index is 12.9. The molecule has 1 unspecified atom stereocenters. The van der Waals surface area contributed by atoms with Crippen LogP contribution < -0.4 is 0 Å². The van der Waals surface area contributed by atoms with E-state index in [1.54, 1.807) is 4.90 Å². The lowest BCUT2D eigenvalue weighted by molar-refractivity contribution is -0.0289. The highest BCUT2D eigenvalue weighted by Crippen LogP contribution is 2.32. The lowest BCUT2D eigenvalue weighted by atomic mass is 9.85. The first-order valence-electron chi connectivity index (χ1n) is 9.28. The van der Waals surface area contributed by atoms with Gasteiger partial charge in [-0.05, 0) is 48.9 Å². The smallest absolute Gasteiger partial charge is 0.253 e. The van der Waals surface area contributed by atoms with Crippen LogP contribution in [0.1, 0.15) is 54.1 Å². The molecule has 1 aliphatic rings. The van der Waals surface area contributed by atoms with Crippen molar-refractivity contribution in [1.82, 2.24) is 4.90 Å². The Bertz CT molecular complexity index is 696. The van der Waals surface area contributed by atoms with Crippen molar-refractivity contribution in [1.29, 1.82) is 0 Å². The molecule has 3 heteroatoms. The number of benzene rings is 2. The molecule has 0 spiro atoms. The van der Waals surface area contributed by atoms with Crippen LogP contribution in [0.25, 0.3) is 0 Å². The Balaban J connectivity index is 1.71. The van der Waals surface area contributed by atoms with Crippen molar-refractivity contribution in [2.24, 2.45) is 0 Å². The summed E-state index contributed by atoms with van der Waals surface area (Å²) in [5.41, 5.74) is 1.92. The van der Waals surface area contributed by atoms with Crippen molar-refractivity contribution in [2.45, 2.75) is 44.6 Å². The molecule has 2 aromatic rings. The minimum Gasteiger partial charge on any atom is -0.383 e. The Hall–Kier alpha value is -2.13. The number of rotatable bonds is 5. The minimum atomic E-state index is -0.948. The van der Waals surface area contributed by atoms with E-state index in [0.29, 0.717) is 25.1 Å². The van der Waals surface area contributed by atoms with Gasteiger partial charge in [-0.1, -0.05) is 55.8 Å². The van der Waals surface area contributed by atoms with Crippen LogP contribution in [0.2, 0.25) is 0 Å². The molecule has 0 radical (unpaired) electrons. The molecule has 3 nitrogen and oxygen atoms in total. The number of β-amino-alcohol motifs (C(OH)–C–C–N with tert-alkyl or cyclic N) is 1. The molecule has 0 aliphatic carbocycles. The summed E-state index contributed by atoms with van der Waals surface area (Å²) in [6, 6.07) is 17.6. The van der Waals surface area contributed by atoms with Crippen LogP contribution in [0.15, 0.2) is 54.6 Å². The second kappa shape index (κ2) is 7.83. The summed E-state index contributed by atoms with van der Waals surface area (Å²) in [6.07, 6.45) is 4.90. The lowest BCUT2D eigenvalue weighted by Crippen LogP contribution is -2.48. The molecular weight excluding hydrogens is 310 g/mol. The zero-order chi connectivity index (χ0) is 17.7. The zero-order valence-corrected chi connectivity index (χ0v) is 14.9. The van der Waals surface area contributed by atoms with Crippen LogP contribution in [0, 0.1) is 0 Å². The average Bonchev–Trinajstić information content (AvgIpc) is 2.67. The summed E-state index contributed by atoms with van der Waals surface area (Å²) in [5, 5.41) is 11.1. The first-order chi connectivity index (χ1) is 12.1. The number of unbranched alkanes of at least 4 members (excludes halogenated alkanes) is 1. The Morgan fingerprint density at radius 2 is 1.84 bits per heavy atom. The zero-order valence-electron chi connectivity index (χ0n) is 14.9. The van der Waals surface area contributed by atoms with Gasteiger partial charge in [0.1, 0.15) is 5.60 Å². The van der Waals surface area contributed by atoms with Crippen molar-refractivity contribution in [3.63, 3.8) is 0 Å². The third-order valence-electron chi connectivity index (χ3n) is 5.09. The molecule has 1 fully saturated rings. The predicted molar refractivity (Wildman–Crippen MR) is 101 cm³/mol. The predicted octanol–water partition coefficient (Wildman–Crippen LogP) is 4.15. The largest absolute Gasteiger partial charge is 0.383 e. The topological polar surface area (TPSA) is 40.5 Å². The number of carbonyl (C=O) groups excluding carboxylic acids is 1. The molecule has 1 aliphatic heterocycles. The van der Waals surface area contributed by atoms with Gasteiger partial charge in [0, 0.05) is 12.1 Å². The van der Waals surface area contributed by atoms with Crippen LogP contribution >= 0.6 is 0 Å². The summed E-state index contributed by atoms with van der Waals surface area (Å²) in [4.78, 5) is 14.6. The van der Waals surface area contributed by atoms with Gasteiger partial charge < -0.3 is 10.0 Å². The quantitative estimate of drug-likeness (QED) is 0.890. The summed E-state index contributed by atoms with van der Waals surface area (Å²) in [7, 11) is 0. The van der Waals surface area contributed by atoms with Gasteiger partial charge in [-0.25, -0.2) is 0 Å².